The number of aliphatic hydroxyl groups is 1. The zero-order chi connectivity index (χ0) is 30.8. The van der Waals surface area contributed by atoms with Gasteiger partial charge in [-0.25, -0.2) is 18.2 Å². The Morgan fingerprint density at radius 1 is 1.02 bits per heavy atom. The molecule has 228 valence electrons. The zero-order valence-corrected chi connectivity index (χ0v) is 25.3. The van der Waals surface area contributed by atoms with E-state index in [0.717, 1.165) is 22.0 Å². The number of hydrogen-bond donors (Lipinski definition) is 1. The molecule has 0 spiro atoms. The standard InChI is InChI=1S/C32H32N4O7S/c1-3-32(39)26-16-28-29-24(18-36(28)30(37)25(26)19-43-31(32)38)23(22-6-4-5-7-27(22)33-29)17-34-12-14-35(15-13-34)44(40,41)21-10-8-20(42-2)9-11-21/h4-11,16,39H,3,12-15,17-19H2,1-2H3/t32-/m0/s1. The minimum atomic E-state index is -3.64. The van der Waals surface area contributed by atoms with Gasteiger partial charge in [0, 0.05) is 49.2 Å². The Morgan fingerprint density at radius 2 is 1.75 bits per heavy atom. The molecule has 1 N–H and O–H groups in total. The number of sulfonamides is 1. The van der Waals surface area contributed by atoms with Crippen molar-refractivity contribution in [2.24, 2.45) is 0 Å². The Bertz CT molecular complexity index is 1980. The highest BCUT2D eigenvalue weighted by atomic mass is 32.2. The average molecular weight is 617 g/mol. The number of carbonyl (C=O) groups is 1. The van der Waals surface area contributed by atoms with Gasteiger partial charge in [-0.05, 0) is 48.4 Å². The van der Waals surface area contributed by atoms with Crippen molar-refractivity contribution < 1.29 is 27.8 Å². The number of nitrogens with zero attached hydrogens (tertiary/aromatic N) is 4. The van der Waals surface area contributed by atoms with Crippen LogP contribution in [0.15, 0.2) is 64.3 Å². The molecule has 3 aliphatic rings. The van der Waals surface area contributed by atoms with Crippen molar-refractivity contribution in [1.82, 2.24) is 18.8 Å². The van der Waals surface area contributed by atoms with E-state index in [1.54, 1.807) is 41.8 Å². The maximum Gasteiger partial charge on any atom is 0.343 e. The lowest BCUT2D eigenvalue weighted by Crippen LogP contribution is -2.48. The van der Waals surface area contributed by atoms with Crippen molar-refractivity contribution >= 4 is 26.9 Å². The molecule has 12 heteroatoms. The Labute approximate surface area is 254 Å². The number of ether oxygens (including phenoxy) is 2. The summed E-state index contributed by atoms with van der Waals surface area (Å²) < 4.78 is 40.2. The van der Waals surface area contributed by atoms with Gasteiger partial charge in [0.15, 0.2) is 5.60 Å². The lowest BCUT2D eigenvalue weighted by Gasteiger charge is -2.34. The summed E-state index contributed by atoms with van der Waals surface area (Å²) in [5.74, 6) is -0.159. The summed E-state index contributed by atoms with van der Waals surface area (Å²) in [6.45, 7) is 4.10. The summed E-state index contributed by atoms with van der Waals surface area (Å²) in [6, 6.07) is 15.9. The van der Waals surface area contributed by atoms with Crippen molar-refractivity contribution in [2.75, 3.05) is 33.3 Å². The van der Waals surface area contributed by atoms with Gasteiger partial charge in [-0.1, -0.05) is 25.1 Å². The van der Waals surface area contributed by atoms with Crippen LogP contribution in [0, 0.1) is 0 Å². The third kappa shape index (κ3) is 4.35. The lowest BCUT2D eigenvalue weighted by molar-refractivity contribution is -0.172. The Morgan fingerprint density at radius 3 is 2.45 bits per heavy atom. The van der Waals surface area contributed by atoms with E-state index in [9.17, 15) is 23.1 Å². The topological polar surface area (TPSA) is 131 Å². The highest BCUT2D eigenvalue weighted by molar-refractivity contribution is 7.89. The molecule has 44 heavy (non-hydrogen) atoms. The first-order valence-electron chi connectivity index (χ1n) is 14.6. The van der Waals surface area contributed by atoms with E-state index in [4.69, 9.17) is 14.5 Å². The number of fused-ring (bicyclic) bond motifs is 5. The normalized spacial score (nSPS) is 20.2. The van der Waals surface area contributed by atoms with Gasteiger partial charge < -0.3 is 19.1 Å². The highest BCUT2D eigenvalue weighted by Crippen LogP contribution is 2.40. The molecule has 7 rings (SSSR count). The second-order valence-corrected chi connectivity index (χ2v) is 13.3. The summed E-state index contributed by atoms with van der Waals surface area (Å²) in [6.07, 6.45) is 0.0745. The summed E-state index contributed by atoms with van der Waals surface area (Å²) in [4.78, 5) is 33.7. The van der Waals surface area contributed by atoms with Crippen LogP contribution in [-0.4, -0.2) is 71.5 Å². The number of hydrogen-bond acceptors (Lipinski definition) is 9. The van der Waals surface area contributed by atoms with Gasteiger partial charge in [-0.2, -0.15) is 4.31 Å². The van der Waals surface area contributed by atoms with E-state index in [1.807, 2.05) is 24.3 Å². The second kappa shape index (κ2) is 10.5. The fraction of sp³-hybridized carbons (Fsp3) is 0.344. The molecular formula is C32H32N4O7S. The molecule has 0 unspecified atom stereocenters. The summed E-state index contributed by atoms with van der Waals surface area (Å²) in [5.41, 5.74) is 2.28. The van der Waals surface area contributed by atoms with Crippen LogP contribution in [0.3, 0.4) is 0 Å². The second-order valence-electron chi connectivity index (χ2n) is 11.4. The molecule has 3 aliphatic heterocycles. The summed E-state index contributed by atoms with van der Waals surface area (Å²) >= 11 is 0. The molecule has 1 saturated heterocycles. The summed E-state index contributed by atoms with van der Waals surface area (Å²) in [5, 5.41) is 12.2. The van der Waals surface area contributed by atoms with Gasteiger partial charge in [-0.3, -0.25) is 9.69 Å². The number of rotatable bonds is 6. The molecule has 4 aromatic rings. The quantitative estimate of drug-likeness (QED) is 0.286. The van der Waals surface area contributed by atoms with E-state index >= 15 is 0 Å². The Balaban J connectivity index is 1.22. The fourth-order valence-corrected chi connectivity index (χ4v) is 7.96. The Kier molecular flexibility index (Phi) is 6.85. The van der Waals surface area contributed by atoms with Crippen LogP contribution < -0.4 is 10.3 Å². The van der Waals surface area contributed by atoms with Gasteiger partial charge in [0.05, 0.1) is 41.0 Å². The number of esters is 1. The zero-order valence-electron chi connectivity index (χ0n) is 24.4. The first-order valence-corrected chi connectivity index (χ1v) is 16.0. The number of cyclic esters (lactones) is 1. The van der Waals surface area contributed by atoms with Crippen molar-refractivity contribution in [1.29, 1.82) is 0 Å². The predicted molar refractivity (Wildman–Crippen MR) is 162 cm³/mol. The minimum Gasteiger partial charge on any atom is -0.497 e. The molecule has 0 aliphatic carbocycles. The van der Waals surface area contributed by atoms with Gasteiger partial charge in [0.1, 0.15) is 12.4 Å². The Hall–Kier alpha value is -4.10. The summed E-state index contributed by atoms with van der Waals surface area (Å²) in [7, 11) is -2.10. The van der Waals surface area contributed by atoms with E-state index in [2.05, 4.69) is 4.90 Å². The van der Waals surface area contributed by atoms with E-state index < -0.39 is 21.6 Å². The first-order chi connectivity index (χ1) is 21.2. The fourth-order valence-electron chi connectivity index (χ4n) is 6.54. The molecule has 1 fully saturated rings. The molecule has 0 amide bonds. The molecule has 5 heterocycles. The van der Waals surface area contributed by atoms with E-state index in [0.29, 0.717) is 56.4 Å². The molecular weight excluding hydrogens is 584 g/mol. The number of piperazine rings is 1. The number of methoxy groups -OCH3 is 1. The van der Waals surface area contributed by atoms with Crippen LogP contribution in [0.4, 0.5) is 0 Å². The number of para-hydroxylation sites is 1. The molecule has 0 saturated carbocycles. The minimum absolute atomic E-state index is 0.0745. The lowest BCUT2D eigenvalue weighted by atomic mass is 9.86. The molecule has 1 atom stereocenters. The highest BCUT2D eigenvalue weighted by Gasteiger charge is 2.45. The maximum atomic E-state index is 13.7. The molecule has 0 radical (unpaired) electrons. The van der Waals surface area contributed by atoms with Gasteiger partial charge in [0.2, 0.25) is 10.0 Å². The third-order valence-corrected chi connectivity index (χ3v) is 11.0. The first kappa shape index (κ1) is 28.7. The van der Waals surface area contributed by atoms with Crippen LogP contribution in [0.5, 0.6) is 5.75 Å². The monoisotopic (exact) mass is 616 g/mol. The van der Waals surface area contributed by atoms with Crippen molar-refractivity contribution in [3.63, 3.8) is 0 Å². The van der Waals surface area contributed by atoms with E-state index in [-0.39, 0.29) is 34.6 Å². The molecule has 2 aromatic carbocycles. The van der Waals surface area contributed by atoms with Crippen molar-refractivity contribution in [2.45, 2.75) is 43.5 Å². The van der Waals surface area contributed by atoms with Gasteiger partial charge in [-0.15, -0.1) is 0 Å². The smallest absolute Gasteiger partial charge is 0.343 e. The third-order valence-electron chi connectivity index (χ3n) is 9.12. The predicted octanol–water partition coefficient (Wildman–Crippen LogP) is 2.59. The number of aromatic nitrogens is 2. The molecule has 11 nitrogen and oxygen atoms in total. The molecule has 2 aromatic heterocycles. The van der Waals surface area contributed by atoms with Crippen LogP contribution in [0.1, 0.15) is 35.6 Å². The van der Waals surface area contributed by atoms with E-state index in [1.165, 1.54) is 11.4 Å². The van der Waals surface area contributed by atoms with Crippen LogP contribution >= 0.6 is 0 Å². The van der Waals surface area contributed by atoms with Crippen molar-refractivity contribution in [3.05, 3.63) is 87.2 Å². The SMILES string of the molecule is CC[C@@]1(O)C(=O)OCc2c1cc1n(c2=O)Cc2c-1nc1ccccc1c2CN1CCN(S(=O)(=O)c2ccc(OC)cc2)CC1. The van der Waals surface area contributed by atoms with Gasteiger partial charge >= 0.3 is 5.97 Å². The maximum absolute atomic E-state index is 13.7. The van der Waals surface area contributed by atoms with Crippen LogP contribution in [0.25, 0.3) is 22.3 Å². The van der Waals surface area contributed by atoms with Crippen LogP contribution in [-0.2, 0) is 44.9 Å². The number of benzene rings is 2. The molecule has 0 bridgehead atoms. The largest absolute Gasteiger partial charge is 0.497 e. The van der Waals surface area contributed by atoms with Gasteiger partial charge in [0.25, 0.3) is 5.56 Å². The van der Waals surface area contributed by atoms with Crippen LogP contribution in [0.2, 0.25) is 0 Å². The van der Waals surface area contributed by atoms with Crippen molar-refractivity contribution in [3.8, 4) is 17.1 Å². The number of carbonyl (C=O) groups excluding carboxylic acids is 1. The average Bonchev–Trinajstić information content (AvgIpc) is 3.42. The number of pyridine rings is 2.